The lowest BCUT2D eigenvalue weighted by Gasteiger charge is -2.28. The second kappa shape index (κ2) is 9.62. The highest BCUT2D eigenvalue weighted by Gasteiger charge is 2.21. The van der Waals surface area contributed by atoms with Gasteiger partial charge in [0, 0.05) is 25.7 Å². The summed E-state index contributed by atoms with van der Waals surface area (Å²) in [5.74, 6) is 0. The first-order chi connectivity index (χ1) is 11.7. The Morgan fingerprint density at radius 1 is 1.08 bits per heavy atom. The van der Waals surface area contributed by atoms with Crippen LogP contribution in [0, 0.1) is 10.1 Å². The maximum Gasteiger partial charge on any atom is 0.292 e. The summed E-state index contributed by atoms with van der Waals surface area (Å²) < 4.78 is 0. The quantitative estimate of drug-likeness (QED) is 0.501. The molecule has 1 aliphatic rings. The Morgan fingerprint density at radius 3 is 2.33 bits per heavy atom. The zero-order valence-electron chi connectivity index (χ0n) is 15.2. The largest absolute Gasteiger partial charge is 0.366 e. The lowest BCUT2D eigenvalue weighted by atomic mass is 10.1. The van der Waals surface area contributed by atoms with Crippen molar-refractivity contribution in [1.82, 2.24) is 4.90 Å². The summed E-state index contributed by atoms with van der Waals surface area (Å²) in [6.45, 7) is 9.43. The van der Waals surface area contributed by atoms with Gasteiger partial charge in [-0.15, -0.1) is 0 Å². The molecule has 24 heavy (non-hydrogen) atoms. The molecule has 0 atom stereocenters. The minimum Gasteiger partial charge on any atom is -0.366 e. The van der Waals surface area contributed by atoms with Crippen molar-refractivity contribution in [3.8, 4) is 0 Å². The van der Waals surface area contributed by atoms with Gasteiger partial charge < -0.3 is 9.80 Å². The summed E-state index contributed by atoms with van der Waals surface area (Å²) in [6, 6.07) is 5.83. The van der Waals surface area contributed by atoms with Crippen molar-refractivity contribution in [2.75, 3.05) is 37.6 Å². The number of anilines is 1. The van der Waals surface area contributed by atoms with E-state index in [0.717, 1.165) is 76.1 Å². The monoisotopic (exact) mass is 333 g/mol. The Hall–Kier alpha value is -1.62. The first-order valence-corrected chi connectivity index (χ1v) is 9.40. The number of hydrogen-bond donors (Lipinski definition) is 0. The molecule has 1 heterocycles. The number of piperidine rings is 1. The third-order valence-electron chi connectivity index (χ3n) is 4.73. The van der Waals surface area contributed by atoms with E-state index in [2.05, 4.69) is 29.7 Å². The lowest BCUT2D eigenvalue weighted by Crippen LogP contribution is -2.30. The summed E-state index contributed by atoms with van der Waals surface area (Å²) in [7, 11) is 0. The lowest BCUT2D eigenvalue weighted by molar-refractivity contribution is -0.384. The smallest absolute Gasteiger partial charge is 0.292 e. The molecule has 1 aliphatic heterocycles. The van der Waals surface area contributed by atoms with Crippen LogP contribution in [0.5, 0.6) is 0 Å². The van der Waals surface area contributed by atoms with Crippen LogP contribution < -0.4 is 4.90 Å². The van der Waals surface area contributed by atoms with Crippen LogP contribution in [-0.2, 0) is 6.42 Å². The molecule has 0 aromatic heterocycles. The maximum atomic E-state index is 11.5. The van der Waals surface area contributed by atoms with Gasteiger partial charge in [-0.1, -0.05) is 19.9 Å². The molecule has 0 saturated carbocycles. The highest BCUT2D eigenvalue weighted by molar-refractivity contribution is 5.64. The zero-order chi connectivity index (χ0) is 17.4. The van der Waals surface area contributed by atoms with E-state index in [4.69, 9.17) is 0 Å². The van der Waals surface area contributed by atoms with Gasteiger partial charge in [-0.25, -0.2) is 0 Å². The van der Waals surface area contributed by atoms with Crippen LogP contribution in [0.3, 0.4) is 0 Å². The van der Waals surface area contributed by atoms with E-state index in [-0.39, 0.29) is 10.6 Å². The third kappa shape index (κ3) is 5.20. The molecule has 0 unspecified atom stereocenters. The average Bonchev–Trinajstić information content (AvgIpc) is 2.60. The summed E-state index contributed by atoms with van der Waals surface area (Å²) in [5, 5.41) is 11.5. The summed E-state index contributed by atoms with van der Waals surface area (Å²) >= 11 is 0. The van der Waals surface area contributed by atoms with Crippen LogP contribution in [0.2, 0.25) is 0 Å². The van der Waals surface area contributed by atoms with Gasteiger partial charge in [-0.3, -0.25) is 10.1 Å². The molecule has 1 aromatic rings. The molecule has 5 heteroatoms. The predicted molar refractivity (Wildman–Crippen MR) is 99.9 cm³/mol. The second-order valence-electron chi connectivity index (χ2n) is 6.72. The molecule has 1 saturated heterocycles. The molecular formula is C19H31N3O2. The van der Waals surface area contributed by atoms with Gasteiger partial charge >= 0.3 is 0 Å². The number of rotatable bonds is 9. The first-order valence-electron chi connectivity index (χ1n) is 9.40. The van der Waals surface area contributed by atoms with Crippen molar-refractivity contribution >= 4 is 11.4 Å². The Labute approximate surface area is 145 Å². The van der Waals surface area contributed by atoms with Crippen molar-refractivity contribution in [1.29, 1.82) is 0 Å². The summed E-state index contributed by atoms with van der Waals surface area (Å²) in [5.41, 5.74) is 2.13. The molecule has 0 amide bonds. The van der Waals surface area contributed by atoms with Gasteiger partial charge in [0.25, 0.3) is 5.69 Å². The van der Waals surface area contributed by atoms with Crippen molar-refractivity contribution in [3.63, 3.8) is 0 Å². The van der Waals surface area contributed by atoms with Gasteiger partial charge in [0.1, 0.15) is 5.69 Å². The van der Waals surface area contributed by atoms with Crippen molar-refractivity contribution in [2.45, 2.75) is 52.4 Å². The summed E-state index contributed by atoms with van der Waals surface area (Å²) in [6.07, 6.45) is 6.65. The van der Waals surface area contributed by atoms with Crippen molar-refractivity contribution in [2.24, 2.45) is 0 Å². The van der Waals surface area contributed by atoms with Crippen molar-refractivity contribution in [3.05, 3.63) is 33.9 Å². The molecule has 1 aromatic carbocycles. The van der Waals surface area contributed by atoms with E-state index in [1.807, 2.05) is 6.07 Å². The van der Waals surface area contributed by atoms with Crippen molar-refractivity contribution < 1.29 is 4.92 Å². The molecule has 134 valence electrons. The van der Waals surface area contributed by atoms with E-state index in [1.165, 1.54) is 6.42 Å². The van der Waals surface area contributed by atoms with Gasteiger partial charge in [0.05, 0.1) is 4.92 Å². The molecule has 5 nitrogen and oxygen atoms in total. The number of nitro groups is 1. The van der Waals surface area contributed by atoms with Gasteiger partial charge in [-0.2, -0.15) is 0 Å². The standard InChI is InChI=1S/C19H31N3O2/c1-3-11-20(12-4-2)15-10-17-8-9-18(19(16-17)22(23)24)21-13-6-5-7-14-21/h8-9,16H,3-7,10-15H2,1-2H3. The number of benzene rings is 1. The Bertz CT molecular complexity index is 521. The number of nitro benzene ring substituents is 1. The Balaban J connectivity index is 2.08. The van der Waals surface area contributed by atoms with E-state index >= 15 is 0 Å². The van der Waals surface area contributed by atoms with E-state index < -0.39 is 0 Å². The second-order valence-corrected chi connectivity index (χ2v) is 6.72. The fraction of sp³-hybridized carbons (Fsp3) is 0.684. The van der Waals surface area contributed by atoms with Crippen LogP contribution in [0.1, 0.15) is 51.5 Å². The fourth-order valence-electron chi connectivity index (χ4n) is 3.53. The van der Waals surface area contributed by atoms with Gasteiger partial charge in [-0.05, 0) is 63.2 Å². The molecule has 0 spiro atoms. The summed E-state index contributed by atoms with van der Waals surface area (Å²) in [4.78, 5) is 15.9. The topological polar surface area (TPSA) is 49.6 Å². The highest BCUT2D eigenvalue weighted by atomic mass is 16.6. The molecule has 0 N–H and O–H groups in total. The van der Waals surface area contributed by atoms with Crippen LogP contribution in [0.4, 0.5) is 11.4 Å². The molecular weight excluding hydrogens is 302 g/mol. The van der Waals surface area contributed by atoms with Crippen LogP contribution in [-0.4, -0.2) is 42.5 Å². The Morgan fingerprint density at radius 2 is 1.75 bits per heavy atom. The predicted octanol–water partition coefficient (Wildman–Crippen LogP) is 4.25. The van der Waals surface area contributed by atoms with E-state index in [9.17, 15) is 10.1 Å². The molecule has 1 fully saturated rings. The fourth-order valence-corrected chi connectivity index (χ4v) is 3.53. The van der Waals surface area contributed by atoms with Crippen LogP contribution in [0.25, 0.3) is 0 Å². The highest BCUT2D eigenvalue weighted by Crippen LogP contribution is 2.31. The third-order valence-corrected chi connectivity index (χ3v) is 4.73. The molecule has 2 rings (SSSR count). The van der Waals surface area contributed by atoms with Crippen LogP contribution >= 0.6 is 0 Å². The Kier molecular flexibility index (Phi) is 7.50. The molecule has 0 aliphatic carbocycles. The molecule has 0 bridgehead atoms. The van der Waals surface area contributed by atoms with Gasteiger partial charge in [0.15, 0.2) is 0 Å². The van der Waals surface area contributed by atoms with E-state index in [0.29, 0.717) is 0 Å². The maximum absolute atomic E-state index is 11.5. The first kappa shape index (κ1) is 18.7. The minimum atomic E-state index is -0.219. The zero-order valence-corrected chi connectivity index (χ0v) is 15.2. The van der Waals surface area contributed by atoms with Gasteiger partial charge in [0.2, 0.25) is 0 Å². The van der Waals surface area contributed by atoms with Crippen LogP contribution in [0.15, 0.2) is 18.2 Å². The molecule has 0 radical (unpaired) electrons. The number of hydrogen-bond acceptors (Lipinski definition) is 4. The SMILES string of the molecule is CCCN(CCC)CCc1ccc(N2CCCCC2)c([N+](=O)[O-])c1. The van der Waals surface area contributed by atoms with E-state index in [1.54, 1.807) is 6.07 Å². The number of nitrogens with zero attached hydrogens (tertiary/aromatic N) is 3. The minimum absolute atomic E-state index is 0.219. The normalized spacial score (nSPS) is 15.0. The average molecular weight is 333 g/mol.